The third-order valence-corrected chi connectivity index (χ3v) is 2.38. The first-order valence-electron chi connectivity index (χ1n) is 3.99. The average Bonchev–Trinajstić information content (AvgIpc) is 2.03. The molecule has 1 aromatic heterocycles. The van der Waals surface area contributed by atoms with Crippen LogP contribution in [0.5, 0.6) is 0 Å². The minimum Gasteiger partial charge on any atom is -0.481 e. The zero-order valence-electron chi connectivity index (χ0n) is 7.25. The molecule has 13 heavy (non-hydrogen) atoms. The van der Waals surface area contributed by atoms with Crippen molar-refractivity contribution in [1.29, 1.82) is 0 Å². The van der Waals surface area contributed by atoms with Crippen LogP contribution in [-0.4, -0.2) is 16.1 Å². The number of carboxylic acid groups (broad SMARTS) is 1. The fourth-order valence-electron chi connectivity index (χ4n) is 1.02. The van der Waals surface area contributed by atoms with E-state index in [1.165, 1.54) is 0 Å². The number of hydrogen-bond acceptors (Lipinski definition) is 2. The molecule has 1 heterocycles. The van der Waals surface area contributed by atoms with Crippen LogP contribution in [-0.2, 0) is 17.6 Å². The molecular formula is C9H10BrNO2. The van der Waals surface area contributed by atoms with Crippen LogP contribution in [0.2, 0.25) is 0 Å². The van der Waals surface area contributed by atoms with E-state index in [2.05, 4.69) is 20.9 Å². The van der Waals surface area contributed by atoms with Gasteiger partial charge in [0.05, 0.1) is 12.1 Å². The highest BCUT2D eigenvalue weighted by atomic mass is 79.9. The molecule has 0 radical (unpaired) electrons. The van der Waals surface area contributed by atoms with Crippen molar-refractivity contribution >= 4 is 21.9 Å². The number of nitrogens with zero attached hydrogens (tertiary/aromatic N) is 1. The van der Waals surface area contributed by atoms with Crippen LogP contribution in [0.15, 0.2) is 16.7 Å². The lowest BCUT2D eigenvalue weighted by atomic mass is 10.2. The molecule has 0 saturated heterocycles. The Morgan fingerprint density at radius 3 is 2.77 bits per heavy atom. The van der Waals surface area contributed by atoms with Crippen LogP contribution in [0.4, 0.5) is 0 Å². The van der Waals surface area contributed by atoms with E-state index >= 15 is 0 Å². The van der Waals surface area contributed by atoms with Crippen LogP contribution in [0.3, 0.4) is 0 Å². The van der Waals surface area contributed by atoms with Gasteiger partial charge in [0, 0.05) is 0 Å². The highest BCUT2D eigenvalue weighted by molar-refractivity contribution is 9.10. The number of aromatic nitrogens is 1. The summed E-state index contributed by atoms with van der Waals surface area (Å²) in [5.41, 5.74) is 1.67. The topological polar surface area (TPSA) is 50.2 Å². The molecule has 0 aromatic carbocycles. The number of halogens is 1. The van der Waals surface area contributed by atoms with Crippen molar-refractivity contribution in [3.8, 4) is 0 Å². The van der Waals surface area contributed by atoms with E-state index in [1.807, 2.05) is 13.0 Å². The van der Waals surface area contributed by atoms with E-state index in [4.69, 9.17) is 5.11 Å². The molecule has 0 fully saturated rings. The summed E-state index contributed by atoms with van der Waals surface area (Å²) in [6, 6.07) is 3.65. The second kappa shape index (κ2) is 4.37. The van der Waals surface area contributed by atoms with Crippen LogP contribution < -0.4 is 0 Å². The van der Waals surface area contributed by atoms with Crippen molar-refractivity contribution in [3.05, 3.63) is 28.0 Å². The smallest absolute Gasteiger partial charge is 0.309 e. The molecule has 0 unspecified atom stereocenters. The van der Waals surface area contributed by atoms with Gasteiger partial charge in [0.15, 0.2) is 0 Å². The minimum absolute atomic E-state index is 0.0252. The van der Waals surface area contributed by atoms with Crippen molar-refractivity contribution in [1.82, 2.24) is 4.98 Å². The zero-order valence-corrected chi connectivity index (χ0v) is 8.84. The lowest BCUT2D eigenvalue weighted by Crippen LogP contribution is -2.03. The molecule has 3 nitrogen and oxygen atoms in total. The zero-order chi connectivity index (χ0) is 9.84. The Morgan fingerprint density at radius 1 is 1.62 bits per heavy atom. The molecule has 0 saturated carbocycles. The predicted octanol–water partition coefficient (Wildman–Crippen LogP) is 2.03. The van der Waals surface area contributed by atoms with E-state index in [9.17, 15) is 4.79 Å². The van der Waals surface area contributed by atoms with Crippen LogP contribution in [0.1, 0.15) is 18.2 Å². The maximum Gasteiger partial charge on any atom is 0.309 e. The van der Waals surface area contributed by atoms with E-state index in [1.54, 1.807) is 6.07 Å². The SMILES string of the molecule is CCc1ccc(CC(=O)O)nc1Br. The monoisotopic (exact) mass is 243 g/mol. The molecule has 1 rings (SSSR count). The van der Waals surface area contributed by atoms with Crippen molar-refractivity contribution in [2.75, 3.05) is 0 Å². The first kappa shape index (κ1) is 10.2. The molecule has 70 valence electrons. The highest BCUT2D eigenvalue weighted by Crippen LogP contribution is 2.15. The van der Waals surface area contributed by atoms with Crippen molar-refractivity contribution in [3.63, 3.8) is 0 Å². The van der Waals surface area contributed by atoms with Gasteiger partial charge in [-0.25, -0.2) is 4.98 Å². The van der Waals surface area contributed by atoms with Crippen molar-refractivity contribution in [2.24, 2.45) is 0 Å². The Kier molecular flexibility index (Phi) is 3.42. The maximum absolute atomic E-state index is 10.4. The van der Waals surface area contributed by atoms with Gasteiger partial charge in [0.2, 0.25) is 0 Å². The van der Waals surface area contributed by atoms with Gasteiger partial charge in [-0.3, -0.25) is 4.79 Å². The first-order valence-corrected chi connectivity index (χ1v) is 4.79. The molecule has 0 amide bonds. The quantitative estimate of drug-likeness (QED) is 0.827. The molecule has 1 N–H and O–H groups in total. The number of hydrogen-bond donors (Lipinski definition) is 1. The number of aliphatic carboxylic acids is 1. The predicted molar refractivity (Wildman–Crippen MR) is 52.7 cm³/mol. The summed E-state index contributed by atoms with van der Waals surface area (Å²) >= 11 is 3.29. The second-order valence-corrected chi connectivity index (χ2v) is 3.43. The lowest BCUT2D eigenvalue weighted by molar-refractivity contribution is -0.136. The second-order valence-electron chi connectivity index (χ2n) is 2.68. The van der Waals surface area contributed by atoms with Gasteiger partial charge in [-0.1, -0.05) is 13.0 Å². The normalized spacial score (nSPS) is 10.0. The molecule has 0 aliphatic heterocycles. The molecule has 0 bridgehead atoms. The number of aryl methyl sites for hydroxylation is 1. The third-order valence-electron chi connectivity index (χ3n) is 1.70. The summed E-state index contributed by atoms with van der Waals surface area (Å²) < 4.78 is 0.744. The highest BCUT2D eigenvalue weighted by Gasteiger charge is 2.04. The van der Waals surface area contributed by atoms with Crippen LogP contribution in [0, 0.1) is 0 Å². The van der Waals surface area contributed by atoms with Gasteiger partial charge in [0.1, 0.15) is 4.60 Å². The summed E-state index contributed by atoms with van der Waals surface area (Å²) in [7, 11) is 0. The van der Waals surface area contributed by atoms with Gasteiger partial charge in [-0.15, -0.1) is 0 Å². The summed E-state index contributed by atoms with van der Waals surface area (Å²) in [6.45, 7) is 2.03. The fourth-order valence-corrected chi connectivity index (χ4v) is 1.66. The number of carbonyl (C=O) groups is 1. The van der Waals surface area contributed by atoms with E-state index < -0.39 is 5.97 Å². The Hall–Kier alpha value is -0.900. The molecule has 1 aromatic rings. The van der Waals surface area contributed by atoms with Crippen molar-refractivity contribution < 1.29 is 9.90 Å². The molecule has 4 heteroatoms. The van der Waals surface area contributed by atoms with E-state index in [0.29, 0.717) is 5.69 Å². The minimum atomic E-state index is -0.858. The molecule has 0 atom stereocenters. The Balaban J connectivity index is 2.89. The van der Waals surface area contributed by atoms with Gasteiger partial charge < -0.3 is 5.11 Å². The maximum atomic E-state index is 10.4. The van der Waals surface area contributed by atoms with E-state index in [-0.39, 0.29) is 6.42 Å². The largest absolute Gasteiger partial charge is 0.481 e. The van der Waals surface area contributed by atoms with Gasteiger partial charge >= 0.3 is 5.97 Å². The Morgan fingerprint density at radius 2 is 2.31 bits per heavy atom. The average molecular weight is 244 g/mol. The lowest BCUT2D eigenvalue weighted by Gasteiger charge is -2.02. The summed E-state index contributed by atoms with van der Waals surface area (Å²) in [5, 5.41) is 8.53. The van der Waals surface area contributed by atoms with Gasteiger partial charge in [-0.05, 0) is 34.0 Å². The van der Waals surface area contributed by atoms with Gasteiger partial charge in [-0.2, -0.15) is 0 Å². The number of carboxylic acids is 1. The molecule has 0 spiro atoms. The van der Waals surface area contributed by atoms with Crippen LogP contribution in [0.25, 0.3) is 0 Å². The third kappa shape index (κ3) is 2.81. The number of pyridine rings is 1. The molecule has 0 aliphatic carbocycles. The summed E-state index contributed by atoms with van der Waals surface area (Å²) in [5.74, 6) is -0.858. The van der Waals surface area contributed by atoms with Gasteiger partial charge in [0.25, 0.3) is 0 Å². The fraction of sp³-hybridized carbons (Fsp3) is 0.333. The Labute approximate surface area is 84.9 Å². The molecule has 0 aliphatic rings. The molecular weight excluding hydrogens is 234 g/mol. The summed E-state index contributed by atoms with van der Waals surface area (Å²) in [4.78, 5) is 14.5. The first-order chi connectivity index (χ1) is 6.13. The van der Waals surface area contributed by atoms with Crippen LogP contribution >= 0.6 is 15.9 Å². The van der Waals surface area contributed by atoms with Crippen molar-refractivity contribution in [2.45, 2.75) is 19.8 Å². The van der Waals surface area contributed by atoms with E-state index in [0.717, 1.165) is 16.6 Å². The Bertz CT molecular complexity index is 325. The standard InChI is InChI=1S/C9H10BrNO2/c1-2-6-3-4-7(5-8(12)13)11-9(6)10/h3-4H,2,5H2,1H3,(H,12,13). The summed E-state index contributed by atoms with van der Waals surface area (Å²) in [6.07, 6.45) is 0.865. The number of rotatable bonds is 3.